The number of ketones is 1. The van der Waals surface area contributed by atoms with Crippen LogP contribution in [0.2, 0.25) is 4.34 Å². The molecule has 2 saturated heterocycles. The normalized spacial score (nSPS) is 20.8. The van der Waals surface area contributed by atoms with E-state index < -0.39 is 0 Å². The molecule has 0 N–H and O–H groups in total. The van der Waals surface area contributed by atoms with Crippen molar-refractivity contribution in [3.8, 4) is 0 Å². The SMILES string of the molecule is O=C(CCC(=O)N1CCN(C(=O)C2CCCO2)CC1)c1ccc(Cl)s1. The largest absolute Gasteiger partial charge is 0.368 e. The van der Waals surface area contributed by atoms with Gasteiger partial charge in [0.2, 0.25) is 5.91 Å². The van der Waals surface area contributed by atoms with Gasteiger partial charge < -0.3 is 14.5 Å². The van der Waals surface area contributed by atoms with Crippen LogP contribution in [-0.2, 0) is 14.3 Å². The van der Waals surface area contributed by atoms with Crippen molar-refractivity contribution in [2.75, 3.05) is 32.8 Å². The average molecular weight is 385 g/mol. The van der Waals surface area contributed by atoms with E-state index >= 15 is 0 Å². The molecule has 136 valence electrons. The van der Waals surface area contributed by atoms with Crippen molar-refractivity contribution in [2.24, 2.45) is 0 Å². The van der Waals surface area contributed by atoms with E-state index in [2.05, 4.69) is 0 Å². The Bertz CT molecular complexity index is 649. The smallest absolute Gasteiger partial charge is 0.251 e. The van der Waals surface area contributed by atoms with Crippen LogP contribution in [0, 0.1) is 0 Å². The summed E-state index contributed by atoms with van der Waals surface area (Å²) in [6, 6.07) is 3.38. The van der Waals surface area contributed by atoms with E-state index in [1.165, 1.54) is 11.3 Å². The van der Waals surface area contributed by atoms with Gasteiger partial charge in [0.05, 0.1) is 9.21 Å². The van der Waals surface area contributed by atoms with Gasteiger partial charge in [-0.3, -0.25) is 14.4 Å². The number of thiophene rings is 1. The highest BCUT2D eigenvalue weighted by atomic mass is 35.5. The van der Waals surface area contributed by atoms with Crippen molar-refractivity contribution in [1.29, 1.82) is 0 Å². The van der Waals surface area contributed by atoms with Crippen molar-refractivity contribution < 1.29 is 19.1 Å². The maximum absolute atomic E-state index is 12.3. The molecule has 0 spiro atoms. The fourth-order valence-corrected chi connectivity index (χ4v) is 4.13. The lowest BCUT2D eigenvalue weighted by Gasteiger charge is -2.35. The molecule has 0 aromatic carbocycles. The Hall–Kier alpha value is -1.44. The second-order valence-corrected chi connectivity index (χ2v) is 7.95. The topological polar surface area (TPSA) is 66.9 Å². The zero-order chi connectivity index (χ0) is 17.8. The molecule has 2 amide bonds. The van der Waals surface area contributed by atoms with Crippen LogP contribution in [0.4, 0.5) is 0 Å². The minimum Gasteiger partial charge on any atom is -0.368 e. The Labute approximate surface area is 155 Å². The van der Waals surface area contributed by atoms with Crippen molar-refractivity contribution in [3.63, 3.8) is 0 Å². The van der Waals surface area contributed by atoms with Gasteiger partial charge in [-0.05, 0) is 25.0 Å². The fraction of sp³-hybridized carbons (Fsp3) is 0.588. The summed E-state index contributed by atoms with van der Waals surface area (Å²) in [6.45, 7) is 2.72. The van der Waals surface area contributed by atoms with Gasteiger partial charge in [0.1, 0.15) is 6.10 Å². The molecule has 6 nitrogen and oxygen atoms in total. The highest BCUT2D eigenvalue weighted by molar-refractivity contribution is 7.18. The predicted octanol–water partition coefficient (Wildman–Crippen LogP) is 2.21. The van der Waals surface area contributed by atoms with Crippen LogP contribution >= 0.6 is 22.9 Å². The molecular formula is C17H21ClN2O4S. The molecule has 0 bridgehead atoms. The first-order valence-corrected chi connectivity index (χ1v) is 9.71. The highest BCUT2D eigenvalue weighted by Gasteiger charge is 2.31. The first-order chi connectivity index (χ1) is 12.0. The van der Waals surface area contributed by atoms with E-state index in [-0.39, 0.29) is 36.5 Å². The van der Waals surface area contributed by atoms with Gasteiger partial charge in [0.15, 0.2) is 5.78 Å². The second kappa shape index (κ2) is 8.29. The fourth-order valence-electron chi connectivity index (χ4n) is 3.12. The number of hydrogen-bond acceptors (Lipinski definition) is 5. The number of halogens is 1. The van der Waals surface area contributed by atoms with Gasteiger partial charge in [0, 0.05) is 45.6 Å². The Morgan fingerprint density at radius 1 is 1.12 bits per heavy atom. The quantitative estimate of drug-likeness (QED) is 0.730. The summed E-state index contributed by atoms with van der Waals surface area (Å²) >= 11 is 7.06. The third-order valence-electron chi connectivity index (χ3n) is 4.56. The zero-order valence-electron chi connectivity index (χ0n) is 13.9. The maximum atomic E-state index is 12.3. The molecule has 2 aliphatic rings. The molecule has 1 unspecified atom stereocenters. The number of ether oxygens (including phenoxy) is 1. The lowest BCUT2D eigenvalue weighted by atomic mass is 10.1. The molecular weight excluding hydrogens is 364 g/mol. The average Bonchev–Trinajstić information content (AvgIpc) is 3.30. The maximum Gasteiger partial charge on any atom is 0.251 e. The first kappa shape index (κ1) is 18.4. The van der Waals surface area contributed by atoms with Gasteiger partial charge in [-0.25, -0.2) is 0 Å². The molecule has 3 heterocycles. The van der Waals surface area contributed by atoms with Crippen molar-refractivity contribution >= 4 is 40.5 Å². The van der Waals surface area contributed by atoms with Crippen molar-refractivity contribution in [1.82, 2.24) is 9.80 Å². The van der Waals surface area contributed by atoms with Gasteiger partial charge in [-0.2, -0.15) is 0 Å². The number of carbonyl (C=O) groups excluding carboxylic acids is 3. The minimum atomic E-state index is -0.308. The van der Waals surface area contributed by atoms with Crippen LogP contribution in [0.1, 0.15) is 35.4 Å². The lowest BCUT2D eigenvalue weighted by Crippen LogP contribution is -2.52. The zero-order valence-corrected chi connectivity index (χ0v) is 15.5. The Kier molecular flexibility index (Phi) is 6.09. The van der Waals surface area contributed by atoms with E-state index in [0.717, 1.165) is 12.8 Å². The molecule has 3 rings (SSSR count). The second-order valence-electron chi connectivity index (χ2n) is 6.23. The highest BCUT2D eigenvalue weighted by Crippen LogP contribution is 2.23. The Morgan fingerprint density at radius 3 is 2.44 bits per heavy atom. The molecule has 1 aromatic rings. The summed E-state index contributed by atoms with van der Waals surface area (Å²) in [7, 11) is 0. The van der Waals surface area contributed by atoms with Crippen LogP contribution in [0.3, 0.4) is 0 Å². The van der Waals surface area contributed by atoms with E-state index in [4.69, 9.17) is 16.3 Å². The van der Waals surface area contributed by atoms with Crippen molar-refractivity contribution in [3.05, 3.63) is 21.3 Å². The number of Topliss-reactive ketones (excluding diaryl/α,β-unsaturated/α-hetero) is 1. The summed E-state index contributed by atoms with van der Waals surface area (Å²) < 4.78 is 6.00. The summed E-state index contributed by atoms with van der Waals surface area (Å²) in [5, 5.41) is 0. The van der Waals surface area contributed by atoms with Crippen LogP contribution in [0.15, 0.2) is 12.1 Å². The number of carbonyl (C=O) groups is 3. The summed E-state index contributed by atoms with van der Waals surface area (Å²) in [5.74, 6) is -0.0629. The monoisotopic (exact) mass is 384 g/mol. The number of hydrogen-bond donors (Lipinski definition) is 0. The number of nitrogens with zero attached hydrogens (tertiary/aromatic N) is 2. The van der Waals surface area contributed by atoms with Crippen LogP contribution in [0.25, 0.3) is 0 Å². The van der Waals surface area contributed by atoms with Gasteiger partial charge in [0.25, 0.3) is 5.91 Å². The van der Waals surface area contributed by atoms with E-state index in [1.54, 1.807) is 21.9 Å². The van der Waals surface area contributed by atoms with E-state index in [0.29, 0.717) is 42.0 Å². The molecule has 0 saturated carbocycles. The number of piperazine rings is 1. The van der Waals surface area contributed by atoms with Crippen molar-refractivity contribution in [2.45, 2.75) is 31.8 Å². The van der Waals surface area contributed by atoms with E-state index in [1.807, 2.05) is 0 Å². The van der Waals surface area contributed by atoms with Gasteiger partial charge >= 0.3 is 0 Å². The summed E-state index contributed by atoms with van der Waals surface area (Å²) in [6.07, 6.45) is 1.78. The van der Waals surface area contributed by atoms with Crippen LogP contribution < -0.4 is 0 Å². The molecule has 25 heavy (non-hydrogen) atoms. The number of rotatable bonds is 5. The van der Waals surface area contributed by atoms with Crippen LogP contribution in [0.5, 0.6) is 0 Å². The predicted molar refractivity (Wildman–Crippen MR) is 95.0 cm³/mol. The van der Waals surface area contributed by atoms with Gasteiger partial charge in [-0.15, -0.1) is 11.3 Å². The molecule has 0 aliphatic carbocycles. The molecule has 2 aliphatic heterocycles. The lowest BCUT2D eigenvalue weighted by molar-refractivity contribution is -0.146. The Morgan fingerprint density at radius 2 is 1.84 bits per heavy atom. The van der Waals surface area contributed by atoms with E-state index in [9.17, 15) is 14.4 Å². The Balaban J connectivity index is 1.42. The summed E-state index contributed by atoms with van der Waals surface area (Å²) in [5.41, 5.74) is 0. The third kappa shape index (κ3) is 4.59. The van der Waals surface area contributed by atoms with Crippen LogP contribution in [-0.4, -0.2) is 66.3 Å². The first-order valence-electron chi connectivity index (χ1n) is 8.51. The molecule has 8 heteroatoms. The van der Waals surface area contributed by atoms with Gasteiger partial charge in [-0.1, -0.05) is 11.6 Å². The third-order valence-corrected chi connectivity index (χ3v) is 5.84. The molecule has 1 aromatic heterocycles. The summed E-state index contributed by atoms with van der Waals surface area (Å²) in [4.78, 5) is 40.7. The molecule has 2 fully saturated rings. The molecule has 0 radical (unpaired) electrons. The minimum absolute atomic E-state index is 0.0364. The standard InChI is InChI=1S/C17H21ClN2O4S/c18-15-5-4-14(25-15)12(21)3-6-16(22)19-7-9-20(10-8-19)17(23)13-2-1-11-24-13/h4-5,13H,1-3,6-11H2. The molecule has 1 atom stereocenters. The number of amides is 2.